The van der Waals surface area contributed by atoms with E-state index >= 15 is 0 Å². The molecule has 0 spiro atoms. The number of hydrogen-bond acceptors (Lipinski definition) is 3. The van der Waals surface area contributed by atoms with E-state index in [4.69, 9.17) is 5.10 Å². The first kappa shape index (κ1) is 21.2. The zero-order valence-electron chi connectivity index (χ0n) is 18.1. The van der Waals surface area contributed by atoms with Crippen LogP contribution >= 0.6 is 0 Å². The van der Waals surface area contributed by atoms with E-state index in [1.54, 1.807) is 6.21 Å². The molecule has 1 heterocycles. The van der Waals surface area contributed by atoms with E-state index in [9.17, 15) is 4.79 Å². The van der Waals surface area contributed by atoms with Crippen molar-refractivity contribution >= 4 is 12.1 Å². The summed E-state index contributed by atoms with van der Waals surface area (Å²) in [5.74, 6) is -0.0581. The van der Waals surface area contributed by atoms with Gasteiger partial charge in [0.25, 0.3) is 0 Å². The van der Waals surface area contributed by atoms with Crippen LogP contribution < -0.4 is 5.43 Å². The van der Waals surface area contributed by atoms with E-state index in [-0.39, 0.29) is 5.91 Å². The van der Waals surface area contributed by atoms with Crippen LogP contribution in [0.1, 0.15) is 31.7 Å². The van der Waals surface area contributed by atoms with Crippen LogP contribution in [0.4, 0.5) is 0 Å². The third kappa shape index (κ3) is 5.19. The molecule has 0 aliphatic heterocycles. The molecular formula is C27H26N4O. The van der Waals surface area contributed by atoms with Crippen molar-refractivity contribution in [3.05, 3.63) is 96.6 Å². The average Bonchev–Trinajstić information content (AvgIpc) is 3.30. The van der Waals surface area contributed by atoms with E-state index in [1.165, 1.54) is 0 Å². The molecule has 5 heteroatoms. The van der Waals surface area contributed by atoms with Gasteiger partial charge in [-0.05, 0) is 30.2 Å². The predicted octanol–water partition coefficient (Wildman–Crippen LogP) is 5.85. The standard InChI is InChI=1S/C27H26N4O/c1-2-3-14-27(32)29-28-20-21-15-17-24(18-16-21)31-26(23-12-8-5-9-13-23)19-25(30-31)22-10-6-4-7-11-22/h4-13,15-20H,2-3,14H2,1H3,(H,29,32)/b28-20+. The van der Waals surface area contributed by atoms with Crippen LogP contribution in [0.2, 0.25) is 0 Å². The van der Waals surface area contributed by atoms with Crippen molar-refractivity contribution in [2.75, 3.05) is 0 Å². The molecule has 1 amide bonds. The van der Waals surface area contributed by atoms with E-state index in [2.05, 4.69) is 47.8 Å². The highest BCUT2D eigenvalue weighted by atomic mass is 16.2. The lowest BCUT2D eigenvalue weighted by atomic mass is 10.1. The Bertz CT molecular complexity index is 1180. The summed E-state index contributed by atoms with van der Waals surface area (Å²) in [6.45, 7) is 2.06. The van der Waals surface area contributed by atoms with Crippen molar-refractivity contribution in [2.24, 2.45) is 5.10 Å². The molecule has 0 fully saturated rings. The number of hydrogen-bond donors (Lipinski definition) is 1. The van der Waals surface area contributed by atoms with E-state index in [1.807, 2.05) is 65.3 Å². The fraction of sp³-hybridized carbons (Fsp3) is 0.148. The van der Waals surface area contributed by atoms with Gasteiger partial charge in [-0.1, -0.05) is 86.1 Å². The van der Waals surface area contributed by atoms with Gasteiger partial charge in [0.2, 0.25) is 5.91 Å². The summed E-state index contributed by atoms with van der Waals surface area (Å²) in [4.78, 5) is 11.7. The predicted molar refractivity (Wildman–Crippen MR) is 130 cm³/mol. The number of unbranched alkanes of at least 4 members (excludes halogenated alkanes) is 1. The highest BCUT2D eigenvalue weighted by molar-refractivity contribution is 5.82. The van der Waals surface area contributed by atoms with Crippen molar-refractivity contribution in [3.8, 4) is 28.2 Å². The van der Waals surface area contributed by atoms with Crippen LogP contribution in [0.25, 0.3) is 28.2 Å². The molecule has 0 radical (unpaired) electrons. The maximum absolute atomic E-state index is 11.7. The van der Waals surface area contributed by atoms with Gasteiger partial charge in [0.05, 0.1) is 23.3 Å². The lowest BCUT2D eigenvalue weighted by Crippen LogP contribution is -2.16. The Balaban J connectivity index is 1.60. The average molecular weight is 423 g/mol. The molecule has 0 atom stereocenters. The van der Waals surface area contributed by atoms with Gasteiger partial charge in [-0.15, -0.1) is 0 Å². The van der Waals surface area contributed by atoms with Crippen LogP contribution in [0, 0.1) is 0 Å². The molecule has 3 aromatic carbocycles. The Morgan fingerprint density at radius 2 is 1.59 bits per heavy atom. The highest BCUT2D eigenvalue weighted by Gasteiger charge is 2.13. The molecule has 160 valence electrons. The first-order valence-electron chi connectivity index (χ1n) is 10.9. The summed E-state index contributed by atoms with van der Waals surface area (Å²) in [5.41, 5.74) is 8.55. The molecule has 1 N–H and O–H groups in total. The van der Waals surface area contributed by atoms with Crippen molar-refractivity contribution in [1.82, 2.24) is 15.2 Å². The Morgan fingerprint density at radius 1 is 0.938 bits per heavy atom. The smallest absolute Gasteiger partial charge is 0.240 e. The SMILES string of the molecule is CCCCC(=O)N/N=C/c1ccc(-n2nc(-c3ccccc3)cc2-c2ccccc2)cc1. The number of nitrogens with zero attached hydrogens (tertiary/aromatic N) is 3. The lowest BCUT2D eigenvalue weighted by Gasteiger charge is -2.08. The second-order valence-corrected chi connectivity index (χ2v) is 7.55. The van der Waals surface area contributed by atoms with Gasteiger partial charge in [-0.25, -0.2) is 10.1 Å². The molecule has 0 saturated heterocycles. The fourth-order valence-corrected chi connectivity index (χ4v) is 3.42. The number of hydrazone groups is 1. The first-order chi connectivity index (χ1) is 15.7. The zero-order valence-corrected chi connectivity index (χ0v) is 18.1. The number of rotatable bonds is 8. The fourth-order valence-electron chi connectivity index (χ4n) is 3.42. The van der Waals surface area contributed by atoms with Crippen LogP contribution in [-0.2, 0) is 4.79 Å². The summed E-state index contributed by atoms with van der Waals surface area (Å²) < 4.78 is 1.96. The van der Waals surface area contributed by atoms with Crippen molar-refractivity contribution < 1.29 is 4.79 Å². The van der Waals surface area contributed by atoms with Crippen molar-refractivity contribution in [3.63, 3.8) is 0 Å². The van der Waals surface area contributed by atoms with E-state index in [0.29, 0.717) is 6.42 Å². The second kappa shape index (κ2) is 10.4. The first-order valence-corrected chi connectivity index (χ1v) is 10.9. The van der Waals surface area contributed by atoms with Crippen LogP contribution in [0.3, 0.4) is 0 Å². The minimum absolute atomic E-state index is 0.0581. The summed E-state index contributed by atoms with van der Waals surface area (Å²) in [6.07, 6.45) is 4.01. The minimum Gasteiger partial charge on any atom is -0.273 e. The number of carbonyl (C=O) groups is 1. The number of aromatic nitrogens is 2. The van der Waals surface area contributed by atoms with Gasteiger partial charge in [-0.3, -0.25) is 4.79 Å². The lowest BCUT2D eigenvalue weighted by molar-refractivity contribution is -0.121. The summed E-state index contributed by atoms with van der Waals surface area (Å²) in [6, 6.07) is 30.5. The Morgan fingerprint density at radius 3 is 2.25 bits per heavy atom. The molecule has 5 nitrogen and oxygen atoms in total. The molecule has 0 aliphatic carbocycles. The maximum Gasteiger partial charge on any atom is 0.240 e. The third-order valence-electron chi connectivity index (χ3n) is 5.15. The molecule has 4 aromatic rings. The summed E-state index contributed by atoms with van der Waals surface area (Å²) in [5, 5.41) is 8.96. The highest BCUT2D eigenvalue weighted by Crippen LogP contribution is 2.28. The second-order valence-electron chi connectivity index (χ2n) is 7.55. The Hall–Kier alpha value is -3.99. The van der Waals surface area contributed by atoms with Gasteiger partial charge in [-0.2, -0.15) is 10.2 Å². The molecule has 0 aliphatic rings. The van der Waals surface area contributed by atoms with Crippen LogP contribution in [0.15, 0.2) is 96.1 Å². The van der Waals surface area contributed by atoms with Gasteiger partial charge in [0, 0.05) is 17.5 Å². The van der Waals surface area contributed by atoms with Gasteiger partial charge < -0.3 is 0 Å². The molecule has 32 heavy (non-hydrogen) atoms. The van der Waals surface area contributed by atoms with Crippen molar-refractivity contribution in [1.29, 1.82) is 0 Å². The third-order valence-corrected chi connectivity index (χ3v) is 5.15. The summed E-state index contributed by atoms with van der Waals surface area (Å²) >= 11 is 0. The Labute approximate surface area is 188 Å². The quantitative estimate of drug-likeness (QED) is 0.286. The van der Waals surface area contributed by atoms with Gasteiger partial charge in [0.15, 0.2) is 0 Å². The molecule has 0 bridgehead atoms. The van der Waals surface area contributed by atoms with Gasteiger partial charge in [0.1, 0.15) is 0 Å². The molecule has 1 aromatic heterocycles. The number of benzene rings is 3. The van der Waals surface area contributed by atoms with E-state index < -0.39 is 0 Å². The maximum atomic E-state index is 11.7. The molecule has 0 saturated carbocycles. The number of carbonyl (C=O) groups excluding carboxylic acids is 1. The number of nitrogens with one attached hydrogen (secondary N) is 1. The molecular weight excluding hydrogens is 396 g/mol. The topological polar surface area (TPSA) is 59.3 Å². The summed E-state index contributed by atoms with van der Waals surface area (Å²) in [7, 11) is 0. The zero-order chi connectivity index (χ0) is 22.2. The van der Waals surface area contributed by atoms with Crippen LogP contribution in [-0.4, -0.2) is 21.9 Å². The van der Waals surface area contributed by atoms with Crippen molar-refractivity contribution in [2.45, 2.75) is 26.2 Å². The van der Waals surface area contributed by atoms with Gasteiger partial charge >= 0.3 is 0 Å². The largest absolute Gasteiger partial charge is 0.273 e. The monoisotopic (exact) mass is 422 g/mol. The minimum atomic E-state index is -0.0581. The van der Waals surface area contributed by atoms with E-state index in [0.717, 1.165) is 46.6 Å². The molecule has 0 unspecified atom stereocenters. The normalized spacial score (nSPS) is 11.0. The Kier molecular flexibility index (Phi) is 6.88. The molecule has 4 rings (SSSR count). The number of amides is 1. The van der Waals surface area contributed by atoms with Crippen LogP contribution in [0.5, 0.6) is 0 Å².